The summed E-state index contributed by atoms with van der Waals surface area (Å²) in [7, 11) is 0. The van der Waals surface area contributed by atoms with Crippen LogP contribution in [0.1, 0.15) is 5.56 Å². The highest BCUT2D eigenvalue weighted by Gasteiger charge is 2.17. The molecule has 0 atom stereocenters. The minimum atomic E-state index is 0.259. The molecule has 0 fully saturated rings. The van der Waals surface area contributed by atoms with Gasteiger partial charge in [-0.2, -0.15) is 0 Å². The number of anilines is 1. The lowest BCUT2D eigenvalue weighted by molar-refractivity contribution is 0.313. The highest BCUT2D eigenvalue weighted by Crippen LogP contribution is 2.26. The zero-order chi connectivity index (χ0) is 17.8. The van der Waals surface area contributed by atoms with Crippen LogP contribution in [0.3, 0.4) is 0 Å². The van der Waals surface area contributed by atoms with Gasteiger partial charge >= 0.3 is 0 Å². The van der Waals surface area contributed by atoms with Crippen LogP contribution in [-0.2, 0) is 0 Å². The van der Waals surface area contributed by atoms with Crippen molar-refractivity contribution in [3.05, 3.63) is 93.4 Å². The van der Waals surface area contributed by atoms with Gasteiger partial charge in [0.15, 0.2) is 5.84 Å². The Labute approximate surface area is 160 Å². The maximum Gasteiger partial charge on any atom is 0.167 e. The van der Waals surface area contributed by atoms with Crippen LogP contribution in [-0.4, -0.2) is 11.0 Å². The molecule has 0 saturated carbocycles. The van der Waals surface area contributed by atoms with Crippen molar-refractivity contribution >= 4 is 52.0 Å². The Morgan fingerprint density at radius 2 is 1.48 bits per heavy atom. The molecule has 3 aromatic rings. The smallest absolute Gasteiger partial charge is 0.167 e. The third kappa shape index (κ3) is 4.33. The van der Waals surface area contributed by atoms with E-state index in [0.717, 1.165) is 5.06 Å². The summed E-state index contributed by atoms with van der Waals surface area (Å²) in [6.07, 6.45) is 0. The van der Waals surface area contributed by atoms with Gasteiger partial charge in [-0.1, -0.05) is 59.1 Å². The van der Waals surface area contributed by atoms with Gasteiger partial charge in [0.2, 0.25) is 0 Å². The fourth-order valence-corrected chi connectivity index (χ4v) is 2.85. The van der Waals surface area contributed by atoms with Crippen molar-refractivity contribution in [2.75, 3.05) is 5.06 Å². The number of hydrogen-bond acceptors (Lipinski definition) is 2. The number of hydroxylamine groups is 1. The first-order valence-corrected chi connectivity index (χ1v) is 8.52. The Morgan fingerprint density at radius 1 is 0.800 bits per heavy atom. The van der Waals surface area contributed by atoms with E-state index < -0.39 is 0 Å². The van der Waals surface area contributed by atoms with E-state index >= 15 is 0 Å². The summed E-state index contributed by atoms with van der Waals surface area (Å²) in [5, 5.41) is 13.2. The van der Waals surface area contributed by atoms with Gasteiger partial charge in [-0.25, -0.2) is 10.1 Å². The van der Waals surface area contributed by atoms with Crippen molar-refractivity contribution in [2.45, 2.75) is 0 Å². The topological polar surface area (TPSA) is 35.8 Å². The minimum Gasteiger partial charge on any atom is -0.282 e. The van der Waals surface area contributed by atoms with E-state index in [9.17, 15) is 5.21 Å². The molecular weight excluding hydrogens is 379 g/mol. The van der Waals surface area contributed by atoms with E-state index in [-0.39, 0.29) is 5.84 Å². The molecule has 0 spiro atoms. The first-order valence-electron chi connectivity index (χ1n) is 7.38. The maximum absolute atomic E-state index is 10.8. The Balaban J connectivity index is 2.14. The molecule has 0 saturated heterocycles. The summed E-state index contributed by atoms with van der Waals surface area (Å²) in [5.41, 5.74) is 1.63. The van der Waals surface area contributed by atoms with Gasteiger partial charge in [0.05, 0.1) is 16.4 Å². The van der Waals surface area contributed by atoms with Crippen molar-refractivity contribution in [3.8, 4) is 0 Å². The van der Waals surface area contributed by atoms with Gasteiger partial charge in [0.25, 0.3) is 0 Å². The first kappa shape index (κ1) is 17.8. The van der Waals surface area contributed by atoms with Crippen LogP contribution in [0.4, 0.5) is 11.4 Å². The maximum atomic E-state index is 10.8. The van der Waals surface area contributed by atoms with Crippen molar-refractivity contribution < 1.29 is 5.21 Å². The second kappa shape index (κ2) is 7.89. The SMILES string of the molecule is ON(C(=Nc1cccc(Cl)c1)c1ccccc1Cl)c1cccc(Cl)c1. The summed E-state index contributed by atoms with van der Waals surface area (Å²) in [6, 6.07) is 21.0. The zero-order valence-electron chi connectivity index (χ0n) is 12.9. The molecule has 0 bridgehead atoms. The summed E-state index contributed by atoms with van der Waals surface area (Å²) < 4.78 is 0. The van der Waals surface area contributed by atoms with E-state index in [1.807, 2.05) is 12.1 Å². The number of amidine groups is 1. The van der Waals surface area contributed by atoms with Gasteiger partial charge in [0.1, 0.15) is 0 Å². The van der Waals surface area contributed by atoms with Crippen LogP contribution in [0.25, 0.3) is 0 Å². The lowest BCUT2D eigenvalue weighted by Gasteiger charge is -2.20. The Kier molecular flexibility index (Phi) is 5.61. The third-order valence-corrected chi connectivity index (χ3v) is 4.21. The van der Waals surface area contributed by atoms with Crippen LogP contribution in [0, 0.1) is 0 Å². The number of aliphatic imine (C=N–C) groups is 1. The van der Waals surface area contributed by atoms with Gasteiger partial charge in [-0.05, 0) is 48.5 Å². The van der Waals surface area contributed by atoms with Crippen molar-refractivity contribution in [1.29, 1.82) is 0 Å². The van der Waals surface area contributed by atoms with Crippen LogP contribution < -0.4 is 5.06 Å². The molecule has 0 aliphatic heterocycles. The number of benzene rings is 3. The number of halogens is 3. The van der Waals surface area contributed by atoms with E-state index in [1.54, 1.807) is 60.7 Å². The fraction of sp³-hybridized carbons (Fsp3) is 0. The normalized spacial score (nSPS) is 11.4. The Morgan fingerprint density at radius 3 is 2.16 bits per heavy atom. The molecule has 3 nitrogen and oxygen atoms in total. The zero-order valence-corrected chi connectivity index (χ0v) is 15.2. The first-order chi connectivity index (χ1) is 12.0. The van der Waals surface area contributed by atoms with Crippen LogP contribution >= 0.6 is 34.8 Å². The number of nitrogens with zero attached hydrogens (tertiary/aromatic N) is 2. The molecule has 3 aromatic carbocycles. The highest BCUT2D eigenvalue weighted by atomic mass is 35.5. The monoisotopic (exact) mass is 390 g/mol. The van der Waals surface area contributed by atoms with Crippen LogP contribution in [0.5, 0.6) is 0 Å². The van der Waals surface area contributed by atoms with Crippen LogP contribution in [0.15, 0.2) is 77.8 Å². The Bertz CT molecular complexity index is 928. The molecule has 25 heavy (non-hydrogen) atoms. The highest BCUT2D eigenvalue weighted by molar-refractivity contribution is 6.35. The van der Waals surface area contributed by atoms with Crippen molar-refractivity contribution in [1.82, 2.24) is 0 Å². The van der Waals surface area contributed by atoms with Gasteiger partial charge in [-0.15, -0.1) is 0 Å². The van der Waals surface area contributed by atoms with Crippen molar-refractivity contribution in [2.24, 2.45) is 4.99 Å². The molecule has 0 heterocycles. The van der Waals surface area contributed by atoms with E-state index in [0.29, 0.717) is 32.0 Å². The van der Waals surface area contributed by atoms with E-state index in [1.165, 1.54) is 0 Å². The largest absolute Gasteiger partial charge is 0.282 e. The standard InChI is InChI=1S/C19H13Cl3N2O/c20-13-5-3-7-15(11-13)23-19(17-9-1-2-10-18(17)22)24(25)16-8-4-6-14(21)12-16/h1-12,25H. The lowest BCUT2D eigenvalue weighted by Crippen LogP contribution is -2.28. The molecule has 0 unspecified atom stereocenters. The molecule has 3 rings (SSSR count). The number of rotatable bonds is 3. The molecule has 0 aliphatic carbocycles. The quantitative estimate of drug-likeness (QED) is 0.309. The predicted octanol–water partition coefficient (Wildman–Crippen LogP) is 6.62. The Hall–Kier alpha value is -2.04. The molecule has 0 amide bonds. The van der Waals surface area contributed by atoms with Crippen LogP contribution in [0.2, 0.25) is 15.1 Å². The second-order valence-corrected chi connectivity index (χ2v) is 6.47. The molecule has 6 heteroatoms. The van der Waals surface area contributed by atoms with E-state index in [4.69, 9.17) is 34.8 Å². The average Bonchev–Trinajstić information content (AvgIpc) is 2.60. The lowest BCUT2D eigenvalue weighted by atomic mass is 10.2. The van der Waals surface area contributed by atoms with Gasteiger partial charge < -0.3 is 0 Å². The second-order valence-electron chi connectivity index (χ2n) is 5.19. The van der Waals surface area contributed by atoms with E-state index in [2.05, 4.69) is 4.99 Å². The molecular formula is C19H13Cl3N2O. The minimum absolute atomic E-state index is 0.259. The molecule has 0 aliphatic rings. The summed E-state index contributed by atoms with van der Waals surface area (Å²) >= 11 is 18.4. The summed E-state index contributed by atoms with van der Waals surface area (Å²) in [4.78, 5) is 4.54. The number of hydrogen-bond donors (Lipinski definition) is 1. The third-order valence-electron chi connectivity index (χ3n) is 3.41. The molecule has 1 N–H and O–H groups in total. The fourth-order valence-electron chi connectivity index (χ4n) is 2.26. The molecule has 0 radical (unpaired) electrons. The predicted molar refractivity (Wildman–Crippen MR) is 105 cm³/mol. The average molecular weight is 392 g/mol. The summed E-state index contributed by atoms with van der Waals surface area (Å²) in [5.74, 6) is 0.259. The van der Waals surface area contributed by atoms with Gasteiger partial charge in [0, 0.05) is 15.6 Å². The van der Waals surface area contributed by atoms with Gasteiger partial charge in [-0.3, -0.25) is 5.21 Å². The summed E-state index contributed by atoms with van der Waals surface area (Å²) in [6.45, 7) is 0. The molecule has 126 valence electrons. The van der Waals surface area contributed by atoms with Crippen molar-refractivity contribution in [3.63, 3.8) is 0 Å². The molecule has 0 aromatic heterocycles.